The van der Waals surface area contributed by atoms with Crippen LogP contribution in [-0.2, 0) is 6.54 Å². The van der Waals surface area contributed by atoms with Gasteiger partial charge in [-0.25, -0.2) is 0 Å². The van der Waals surface area contributed by atoms with Gasteiger partial charge in [-0.1, -0.05) is 36.4 Å². The molecule has 5 rings (SSSR count). The number of aliphatic hydroxyl groups excluding tert-OH is 2. The molecule has 3 heterocycles. The van der Waals surface area contributed by atoms with Crippen LogP contribution in [0.1, 0.15) is 32.1 Å². The van der Waals surface area contributed by atoms with Crippen molar-refractivity contribution in [1.82, 2.24) is 20.0 Å². The van der Waals surface area contributed by atoms with Crippen LogP contribution in [0.4, 0.5) is 5.69 Å². The average Bonchev–Trinajstić information content (AvgIpc) is 3.55. The van der Waals surface area contributed by atoms with E-state index < -0.39 is 6.10 Å². The maximum Gasteiger partial charge on any atom is 0.266 e. The number of aryl methyl sites for hydroxylation is 1. The molecular formula is C29H33N5O3S. The number of rotatable bonds is 9. The van der Waals surface area contributed by atoms with Crippen molar-refractivity contribution in [3.63, 3.8) is 0 Å². The lowest BCUT2D eigenvalue weighted by molar-refractivity contribution is 0.0383. The maximum absolute atomic E-state index is 13.1. The zero-order chi connectivity index (χ0) is 26.5. The highest BCUT2D eigenvalue weighted by molar-refractivity contribution is 7.12. The highest BCUT2D eigenvalue weighted by Crippen LogP contribution is 2.25. The maximum atomic E-state index is 13.1. The molecule has 1 aliphatic rings. The van der Waals surface area contributed by atoms with Crippen molar-refractivity contribution >= 4 is 46.0 Å². The van der Waals surface area contributed by atoms with Gasteiger partial charge in [-0.05, 0) is 53.3 Å². The third kappa shape index (κ3) is 6.20. The second kappa shape index (κ2) is 12.0. The number of anilines is 1. The van der Waals surface area contributed by atoms with Crippen molar-refractivity contribution in [2.75, 3.05) is 44.6 Å². The van der Waals surface area contributed by atoms with Gasteiger partial charge in [-0.2, -0.15) is 5.10 Å². The predicted molar refractivity (Wildman–Crippen MR) is 153 cm³/mol. The third-order valence-corrected chi connectivity index (χ3v) is 7.92. The fourth-order valence-electron chi connectivity index (χ4n) is 4.76. The summed E-state index contributed by atoms with van der Waals surface area (Å²) in [7, 11) is 0. The van der Waals surface area contributed by atoms with E-state index in [1.807, 2.05) is 60.9 Å². The number of piperazine rings is 1. The Kier molecular flexibility index (Phi) is 8.31. The van der Waals surface area contributed by atoms with Gasteiger partial charge in [0.15, 0.2) is 0 Å². The number of benzene rings is 2. The molecule has 1 aliphatic heterocycles. The van der Waals surface area contributed by atoms with Crippen LogP contribution in [-0.4, -0.2) is 81.6 Å². The van der Waals surface area contributed by atoms with Crippen LogP contribution in [0.15, 0.2) is 53.9 Å². The summed E-state index contributed by atoms with van der Waals surface area (Å²) >= 11 is 1.44. The van der Waals surface area contributed by atoms with Crippen LogP contribution >= 0.6 is 11.3 Å². The lowest BCUT2D eigenvalue weighted by atomic mass is 10.1. The van der Waals surface area contributed by atoms with E-state index in [9.17, 15) is 9.90 Å². The number of nitrogens with one attached hydrogen (secondary N) is 2. The van der Waals surface area contributed by atoms with Gasteiger partial charge in [-0.15, -0.1) is 11.3 Å². The molecule has 9 heteroatoms. The number of para-hydroxylation sites is 1. The number of thiophene rings is 1. The van der Waals surface area contributed by atoms with Gasteiger partial charge in [-0.3, -0.25) is 19.7 Å². The first-order chi connectivity index (χ1) is 18.5. The summed E-state index contributed by atoms with van der Waals surface area (Å²) < 4.78 is 0. The molecule has 8 nitrogen and oxygen atoms in total. The Hall–Kier alpha value is -3.34. The zero-order valence-corrected chi connectivity index (χ0v) is 22.2. The van der Waals surface area contributed by atoms with Crippen LogP contribution in [0, 0.1) is 6.92 Å². The van der Waals surface area contributed by atoms with E-state index in [4.69, 9.17) is 5.11 Å². The largest absolute Gasteiger partial charge is 0.394 e. The molecule has 0 bridgehead atoms. The first-order valence-corrected chi connectivity index (χ1v) is 13.7. The number of aromatic nitrogens is 2. The summed E-state index contributed by atoms with van der Waals surface area (Å²) in [5, 5.41) is 32.5. The molecular weight excluding hydrogens is 498 g/mol. The number of hydrogen-bond donors (Lipinski definition) is 4. The molecule has 0 saturated carbocycles. The van der Waals surface area contributed by atoms with E-state index >= 15 is 0 Å². The second-order valence-electron chi connectivity index (χ2n) is 9.71. The minimum absolute atomic E-state index is 0.106. The number of hydrogen-bond acceptors (Lipinski definition) is 7. The third-order valence-electron chi connectivity index (χ3n) is 6.91. The van der Waals surface area contributed by atoms with Crippen molar-refractivity contribution in [1.29, 1.82) is 0 Å². The summed E-state index contributed by atoms with van der Waals surface area (Å²) in [5.74, 6) is -0.106. The number of fused-ring (bicyclic) bond motifs is 1. The highest BCUT2D eigenvalue weighted by Gasteiger charge is 2.20. The number of H-pyrrole nitrogens is 1. The van der Waals surface area contributed by atoms with E-state index in [0.29, 0.717) is 11.4 Å². The lowest BCUT2D eigenvalue weighted by Crippen LogP contribution is -2.48. The SMILES string of the molecule is Cc1ccsc1C(=O)Nc1cc(CN2CCN(C[C@H](O)CO)CC2)ccc1/C=C/c1n[nH]c2ccccc12. The number of nitrogens with zero attached hydrogens (tertiary/aromatic N) is 3. The monoisotopic (exact) mass is 531 g/mol. The summed E-state index contributed by atoms with van der Waals surface area (Å²) in [6.45, 7) is 6.44. The Balaban J connectivity index is 1.35. The highest BCUT2D eigenvalue weighted by atomic mass is 32.1. The fourth-order valence-corrected chi connectivity index (χ4v) is 5.58. The normalized spacial score (nSPS) is 15.9. The quantitative estimate of drug-likeness (QED) is 0.262. The first kappa shape index (κ1) is 26.3. The zero-order valence-electron chi connectivity index (χ0n) is 21.4. The molecule has 1 saturated heterocycles. The molecule has 4 N–H and O–H groups in total. The topological polar surface area (TPSA) is 105 Å². The lowest BCUT2D eigenvalue weighted by Gasteiger charge is -2.35. The number of carbonyl (C=O) groups excluding carboxylic acids is 1. The summed E-state index contributed by atoms with van der Waals surface area (Å²) in [4.78, 5) is 18.4. The standard InChI is InChI=1S/C29H33N5O3S/c1-20-10-15-38-28(20)29(37)30-27-16-21(17-33-11-13-34(14-12-33)18-23(36)19-35)6-7-22(27)8-9-26-24-4-2-3-5-25(24)31-32-26/h2-10,15-16,23,35-36H,11-14,17-19H2,1H3,(H,30,37)(H,31,32)/b9-8+/t23-/m0/s1. The van der Waals surface area contributed by atoms with Crippen LogP contribution in [0.2, 0.25) is 0 Å². The molecule has 4 aromatic rings. The van der Waals surface area contributed by atoms with Crippen LogP contribution in [0.5, 0.6) is 0 Å². The molecule has 1 atom stereocenters. The van der Waals surface area contributed by atoms with Gasteiger partial charge in [0.25, 0.3) is 5.91 Å². The smallest absolute Gasteiger partial charge is 0.266 e. The fraction of sp³-hybridized carbons (Fsp3) is 0.310. The molecule has 0 aliphatic carbocycles. The molecule has 2 aromatic heterocycles. The number of β-amino-alcohol motifs (C(OH)–C–C–N with tert-alkyl or cyclic N) is 1. The number of amides is 1. The Labute approximate surface area is 226 Å². The van der Waals surface area contributed by atoms with Gasteiger partial charge in [0.1, 0.15) is 0 Å². The average molecular weight is 532 g/mol. The number of aromatic amines is 1. The van der Waals surface area contributed by atoms with Crippen molar-refractivity contribution in [3.05, 3.63) is 81.2 Å². The Morgan fingerprint density at radius 3 is 2.68 bits per heavy atom. The number of aliphatic hydroxyl groups is 2. The Morgan fingerprint density at radius 1 is 1.13 bits per heavy atom. The molecule has 198 valence electrons. The molecule has 2 aromatic carbocycles. The minimum atomic E-state index is -0.695. The Bertz CT molecular complexity index is 1420. The first-order valence-electron chi connectivity index (χ1n) is 12.8. The minimum Gasteiger partial charge on any atom is -0.394 e. The van der Waals surface area contributed by atoms with Crippen LogP contribution in [0.25, 0.3) is 23.1 Å². The molecule has 0 unspecified atom stereocenters. The molecule has 0 radical (unpaired) electrons. The summed E-state index contributed by atoms with van der Waals surface area (Å²) in [5.41, 5.74) is 5.59. The van der Waals surface area contributed by atoms with E-state index in [-0.39, 0.29) is 12.5 Å². The van der Waals surface area contributed by atoms with Crippen LogP contribution < -0.4 is 5.32 Å². The van der Waals surface area contributed by atoms with Gasteiger partial charge in [0.05, 0.1) is 28.8 Å². The van der Waals surface area contributed by atoms with Gasteiger partial charge in [0.2, 0.25) is 0 Å². The van der Waals surface area contributed by atoms with E-state index in [2.05, 4.69) is 37.4 Å². The van der Waals surface area contributed by atoms with Crippen molar-refractivity contribution < 1.29 is 15.0 Å². The molecule has 38 heavy (non-hydrogen) atoms. The van der Waals surface area contributed by atoms with E-state index in [1.165, 1.54) is 11.3 Å². The van der Waals surface area contributed by atoms with Crippen molar-refractivity contribution in [2.24, 2.45) is 0 Å². The molecule has 1 fully saturated rings. The molecule has 1 amide bonds. The molecule has 0 spiro atoms. The van der Waals surface area contributed by atoms with Gasteiger partial charge >= 0.3 is 0 Å². The predicted octanol–water partition coefficient (Wildman–Crippen LogP) is 3.83. The summed E-state index contributed by atoms with van der Waals surface area (Å²) in [6, 6.07) is 16.2. The number of carbonyl (C=O) groups is 1. The van der Waals surface area contributed by atoms with Gasteiger partial charge < -0.3 is 15.5 Å². The van der Waals surface area contributed by atoms with Crippen molar-refractivity contribution in [2.45, 2.75) is 19.6 Å². The van der Waals surface area contributed by atoms with E-state index in [1.54, 1.807) is 0 Å². The van der Waals surface area contributed by atoms with E-state index in [0.717, 1.165) is 71.7 Å². The van der Waals surface area contributed by atoms with Crippen molar-refractivity contribution in [3.8, 4) is 0 Å². The summed E-state index contributed by atoms with van der Waals surface area (Å²) in [6.07, 6.45) is 3.27. The van der Waals surface area contributed by atoms with Crippen LogP contribution in [0.3, 0.4) is 0 Å². The van der Waals surface area contributed by atoms with Gasteiger partial charge in [0, 0.05) is 50.3 Å². The second-order valence-corrected chi connectivity index (χ2v) is 10.6. The Morgan fingerprint density at radius 2 is 1.92 bits per heavy atom.